The Labute approximate surface area is 160 Å². The first-order valence-corrected chi connectivity index (χ1v) is 9.12. The van der Waals surface area contributed by atoms with E-state index >= 15 is 0 Å². The number of benzene rings is 1. The van der Waals surface area contributed by atoms with Gasteiger partial charge >= 0.3 is 5.63 Å². The maximum absolute atomic E-state index is 12.8. The molecular formula is C19H20N6O3. The minimum absolute atomic E-state index is 0.000892. The smallest absolute Gasteiger partial charge is 0.349 e. The molecule has 0 saturated carbocycles. The minimum atomic E-state index is -0.627. The third-order valence-corrected chi connectivity index (χ3v) is 4.84. The number of nitrogens with zero attached hydrogens (tertiary/aromatic N) is 4. The molecule has 4 rings (SSSR count). The predicted octanol–water partition coefficient (Wildman–Crippen LogP) is 1.64. The predicted molar refractivity (Wildman–Crippen MR) is 102 cm³/mol. The van der Waals surface area contributed by atoms with Crippen molar-refractivity contribution in [1.82, 2.24) is 25.5 Å². The van der Waals surface area contributed by atoms with Gasteiger partial charge < -0.3 is 15.1 Å². The maximum atomic E-state index is 12.8. The van der Waals surface area contributed by atoms with Crippen LogP contribution in [0.1, 0.15) is 40.4 Å². The van der Waals surface area contributed by atoms with Crippen molar-refractivity contribution in [1.29, 1.82) is 0 Å². The lowest BCUT2D eigenvalue weighted by Gasteiger charge is -2.22. The second kappa shape index (κ2) is 7.73. The quantitative estimate of drug-likeness (QED) is 0.707. The third kappa shape index (κ3) is 3.56. The second-order valence-corrected chi connectivity index (χ2v) is 6.76. The van der Waals surface area contributed by atoms with Gasteiger partial charge in [-0.2, -0.15) is 4.68 Å². The lowest BCUT2D eigenvalue weighted by Crippen LogP contribution is -2.30. The van der Waals surface area contributed by atoms with Gasteiger partial charge in [-0.3, -0.25) is 4.79 Å². The summed E-state index contributed by atoms with van der Waals surface area (Å²) >= 11 is 0. The van der Waals surface area contributed by atoms with Gasteiger partial charge in [-0.15, -0.1) is 5.10 Å². The van der Waals surface area contributed by atoms with Crippen LogP contribution in [0.2, 0.25) is 0 Å². The lowest BCUT2D eigenvalue weighted by molar-refractivity contribution is 0.102. The highest BCUT2D eigenvalue weighted by Crippen LogP contribution is 2.24. The number of tetrazole rings is 1. The number of amides is 1. The standard InChI is InChI=1S/C19H20N6O3/c1-12-9-16(13-5-4-8-20-10-13)28-19(27)17(12)18(26)22-14-6-2-3-7-15(14)25-11-21-23-24-25/h2-3,6-7,9,11,13,20H,4-5,8,10H2,1H3,(H,22,26). The van der Waals surface area contributed by atoms with E-state index in [1.807, 2.05) is 0 Å². The molecule has 1 atom stereocenters. The molecule has 28 heavy (non-hydrogen) atoms. The highest BCUT2D eigenvalue weighted by molar-refractivity contribution is 6.05. The Balaban J connectivity index is 1.62. The van der Waals surface area contributed by atoms with E-state index in [1.54, 1.807) is 37.3 Å². The number of rotatable bonds is 4. The Morgan fingerprint density at radius 2 is 2.21 bits per heavy atom. The van der Waals surface area contributed by atoms with Crippen molar-refractivity contribution in [3.63, 3.8) is 0 Å². The fraction of sp³-hybridized carbons (Fsp3) is 0.316. The molecular weight excluding hydrogens is 360 g/mol. The van der Waals surface area contributed by atoms with E-state index in [0.717, 1.165) is 25.9 Å². The Kier molecular flexibility index (Phi) is 4.98. The molecule has 1 saturated heterocycles. The van der Waals surface area contributed by atoms with Crippen LogP contribution in [-0.2, 0) is 0 Å². The number of nitrogens with one attached hydrogen (secondary N) is 2. The average Bonchev–Trinajstić information content (AvgIpc) is 3.23. The largest absolute Gasteiger partial charge is 0.427 e. The zero-order chi connectivity index (χ0) is 19.5. The topological polar surface area (TPSA) is 115 Å². The van der Waals surface area contributed by atoms with E-state index < -0.39 is 11.5 Å². The number of piperidine rings is 1. The number of carbonyl (C=O) groups is 1. The summed E-state index contributed by atoms with van der Waals surface area (Å²) in [5.74, 6) is 0.248. The molecule has 1 fully saturated rings. The second-order valence-electron chi connectivity index (χ2n) is 6.76. The van der Waals surface area contributed by atoms with Gasteiger partial charge in [0, 0.05) is 12.5 Å². The van der Waals surface area contributed by atoms with Crippen molar-refractivity contribution in [3.05, 3.63) is 64.0 Å². The van der Waals surface area contributed by atoms with Crippen molar-refractivity contribution in [2.75, 3.05) is 18.4 Å². The molecule has 1 unspecified atom stereocenters. The van der Waals surface area contributed by atoms with Crippen LogP contribution in [0.3, 0.4) is 0 Å². The fourth-order valence-corrected chi connectivity index (χ4v) is 3.44. The van der Waals surface area contributed by atoms with Gasteiger partial charge in [0.05, 0.1) is 11.4 Å². The first-order valence-electron chi connectivity index (χ1n) is 9.12. The summed E-state index contributed by atoms with van der Waals surface area (Å²) in [5, 5.41) is 17.1. The number of anilines is 1. The van der Waals surface area contributed by atoms with Crippen LogP contribution in [0.25, 0.3) is 5.69 Å². The molecule has 0 radical (unpaired) electrons. The molecule has 9 nitrogen and oxygen atoms in total. The van der Waals surface area contributed by atoms with Crippen LogP contribution in [0, 0.1) is 6.92 Å². The van der Waals surface area contributed by atoms with Gasteiger partial charge in [-0.25, -0.2) is 4.79 Å². The highest BCUT2D eigenvalue weighted by Gasteiger charge is 2.23. The first-order chi connectivity index (χ1) is 13.6. The molecule has 3 heterocycles. The number of hydrogen-bond donors (Lipinski definition) is 2. The zero-order valence-corrected chi connectivity index (χ0v) is 15.4. The summed E-state index contributed by atoms with van der Waals surface area (Å²) in [7, 11) is 0. The van der Waals surface area contributed by atoms with Gasteiger partial charge in [0.1, 0.15) is 17.7 Å². The normalized spacial score (nSPS) is 16.7. The van der Waals surface area contributed by atoms with E-state index in [1.165, 1.54) is 11.0 Å². The zero-order valence-electron chi connectivity index (χ0n) is 15.4. The van der Waals surface area contributed by atoms with E-state index in [2.05, 4.69) is 26.2 Å². The third-order valence-electron chi connectivity index (χ3n) is 4.84. The van der Waals surface area contributed by atoms with E-state index in [-0.39, 0.29) is 11.5 Å². The van der Waals surface area contributed by atoms with E-state index in [4.69, 9.17) is 4.42 Å². The summed E-state index contributed by atoms with van der Waals surface area (Å²) in [4.78, 5) is 25.4. The Hall–Kier alpha value is -3.33. The van der Waals surface area contributed by atoms with Gasteiger partial charge in [0.25, 0.3) is 5.91 Å². The van der Waals surface area contributed by atoms with Crippen molar-refractivity contribution in [2.45, 2.75) is 25.7 Å². The van der Waals surface area contributed by atoms with Crippen molar-refractivity contribution < 1.29 is 9.21 Å². The summed E-state index contributed by atoms with van der Waals surface area (Å²) < 4.78 is 6.93. The van der Waals surface area contributed by atoms with Gasteiger partial charge in [0.2, 0.25) is 0 Å². The molecule has 2 aromatic heterocycles. The number of para-hydroxylation sites is 2. The number of aryl methyl sites for hydroxylation is 1. The van der Waals surface area contributed by atoms with Crippen molar-refractivity contribution in [2.24, 2.45) is 0 Å². The number of aromatic nitrogens is 4. The first kappa shape index (κ1) is 18.1. The molecule has 144 valence electrons. The van der Waals surface area contributed by atoms with Crippen molar-refractivity contribution >= 4 is 11.6 Å². The Morgan fingerprint density at radius 1 is 1.36 bits per heavy atom. The summed E-state index contributed by atoms with van der Waals surface area (Å²) in [6.07, 6.45) is 3.42. The average molecular weight is 380 g/mol. The van der Waals surface area contributed by atoms with Crippen LogP contribution in [0.4, 0.5) is 5.69 Å². The van der Waals surface area contributed by atoms with Gasteiger partial charge in [0.15, 0.2) is 0 Å². The van der Waals surface area contributed by atoms with Crippen LogP contribution in [0.15, 0.2) is 45.9 Å². The molecule has 1 amide bonds. The lowest BCUT2D eigenvalue weighted by atomic mass is 9.95. The molecule has 1 aliphatic heterocycles. The Bertz CT molecular complexity index is 1040. The molecule has 0 bridgehead atoms. The highest BCUT2D eigenvalue weighted by atomic mass is 16.4. The number of hydrogen-bond acceptors (Lipinski definition) is 7. The number of carbonyl (C=O) groups excluding carboxylic acids is 1. The molecule has 3 aromatic rings. The SMILES string of the molecule is Cc1cc(C2CCCNC2)oc(=O)c1C(=O)Nc1ccccc1-n1cnnn1. The molecule has 2 N–H and O–H groups in total. The minimum Gasteiger partial charge on any atom is -0.427 e. The molecule has 9 heteroatoms. The van der Waals surface area contributed by atoms with Crippen molar-refractivity contribution in [3.8, 4) is 5.69 Å². The summed E-state index contributed by atoms with van der Waals surface area (Å²) in [5.41, 5.74) is 1.04. The van der Waals surface area contributed by atoms with Crippen LogP contribution in [-0.4, -0.2) is 39.2 Å². The van der Waals surface area contributed by atoms with Crippen LogP contribution < -0.4 is 16.3 Å². The summed E-state index contributed by atoms with van der Waals surface area (Å²) in [6, 6.07) is 8.85. The Morgan fingerprint density at radius 3 is 2.93 bits per heavy atom. The summed E-state index contributed by atoms with van der Waals surface area (Å²) in [6.45, 7) is 3.49. The maximum Gasteiger partial charge on any atom is 0.349 e. The van der Waals surface area contributed by atoms with Crippen LogP contribution >= 0.6 is 0 Å². The van der Waals surface area contributed by atoms with Crippen LogP contribution in [0.5, 0.6) is 0 Å². The van der Waals surface area contributed by atoms with E-state index in [0.29, 0.717) is 22.7 Å². The van der Waals surface area contributed by atoms with Gasteiger partial charge in [-0.1, -0.05) is 12.1 Å². The van der Waals surface area contributed by atoms with Gasteiger partial charge in [-0.05, 0) is 60.5 Å². The molecule has 0 aliphatic carbocycles. The molecule has 1 aromatic carbocycles. The molecule has 1 aliphatic rings. The monoisotopic (exact) mass is 380 g/mol. The molecule has 0 spiro atoms. The van der Waals surface area contributed by atoms with E-state index in [9.17, 15) is 9.59 Å². The fourth-order valence-electron chi connectivity index (χ4n) is 3.44.